The maximum Gasteiger partial charge on any atom is 0.387 e. The maximum atomic E-state index is 12.9. The first-order valence-electron chi connectivity index (χ1n) is 10.1. The number of benzene rings is 3. The van der Waals surface area contributed by atoms with Gasteiger partial charge in [0.15, 0.2) is 0 Å². The van der Waals surface area contributed by atoms with Crippen molar-refractivity contribution in [2.45, 2.75) is 31.9 Å². The van der Waals surface area contributed by atoms with Crippen molar-refractivity contribution in [1.29, 1.82) is 0 Å². The molecule has 0 aromatic heterocycles. The summed E-state index contributed by atoms with van der Waals surface area (Å²) in [4.78, 5) is 12.9. The van der Waals surface area contributed by atoms with Crippen molar-refractivity contribution in [1.82, 2.24) is 0 Å². The zero-order valence-electron chi connectivity index (χ0n) is 17.6. The Balaban J connectivity index is 1.70. The molecule has 0 amide bonds. The molecular weight excluding hydrogens is 438 g/mol. The van der Waals surface area contributed by atoms with Crippen molar-refractivity contribution in [3.63, 3.8) is 0 Å². The van der Waals surface area contributed by atoms with Crippen LogP contribution in [-0.2, 0) is 9.53 Å². The van der Waals surface area contributed by atoms with Crippen molar-refractivity contribution >= 4 is 17.6 Å². The molecule has 0 heterocycles. The molecule has 32 heavy (non-hydrogen) atoms. The summed E-state index contributed by atoms with van der Waals surface area (Å²) in [5, 5.41) is 0. The van der Waals surface area contributed by atoms with Crippen LogP contribution in [0.15, 0.2) is 78.9 Å². The average molecular weight is 461 g/mol. The van der Waals surface area contributed by atoms with Gasteiger partial charge in [0.1, 0.15) is 17.2 Å². The van der Waals surface area contributed by atoms with E-state index in [9.17, 15) is 13.6 Å². The molecule has 0 aliphatic carbocycles. The van der Waals surface area contributed by atoms with Crippen LogP contribution in [0.1, 0.15) is 36.5 Å². The second kappa shape index (κ2) is 11.0. The molecule has 0 bridgehead atoms. The summed E-state index contributed by atoms with van der Waals surface area (Å²) in [7, 11) is 0. The number of hydrogen-bond donors (Lipinski definition) is 0. The first-order valence-corrected chi connectivity index (χ1v) is 10.5. The highest BCUT2D eigenvalue weighted by Crippen LogP contribution is 2.33. The molecule has 0 fully saturated rings. The van der Waals surface area contributed by atoms with E-state index in [2.05, 4.69) is 4.74 Å². The van der Waals surface area contributed by atoms with E-state index in [1.165, 1.54) is 12.1 Å². The number of halogens is 3. The van der Waals surface area contributed by atoms with Crippen LogP contribution in [-0.4, -0.2) is 12.6 Å². The fraction of sp³-hybridized carbons (Fsp3) is 0.240. The minimum Gasteiger partial charge on any atom is -0.457 e. The lowest BCUT2D eigenvalue weighted by Crippen LogP contribution is -2.21. The molecule has 0 saturated heterocycles. The molecule has 3 aromatic carbocycles. The molecule has 2 unspecified atom stereocenters. The fourth-order valence-corrected chi connectivity index (χ4v) is 3.46. The van der Waals surface area contributed by atoms with Crippen LogP contribution in [0, 0.1) is 5.92 Å². The van der Waals surface area contributed by atoms with Crippen molar-refractivity contribution in [2.75, 3.05) is 0 Å². The highest BCUT2D eigenvalue weighted by Gasteiger charge is 2.28. The molecule has 0 aliphatic rings. The van der Waals surface area contributed by atoms with Crippen LogP contribution in [0.2, 0.25) is 0 Å². The number of carbonyl (C=O) groups excluding carboxylic acids is 1. The summed E-state index contributed by atoms with van der Waals surface area (Å²) in [5.74, 6) is 0.000835. The predicted octanol–water partition coefficient (Wildman–Crippen LogP) is 7.30. The number of rotatable bonds is 9. The number of hydrogen-bond acceptors (Lipinski definition) is 4. The van der Waals surface area contributed by atoms with E-state index in [1.54, 1.807) is 36.4 Å². The van der Waals surface area contributed by atoms with E-state index < -0.39 is 24.1 Å². The second-order valence-corrected chi connectivity index (χ2v) is 7.81. The molecule has 4 nitrogen and oxygen atoms in total. The topological polar surface area (TPSA) is 44.8 Å². The Hall–Kier alpha value is -3.12. The van der Waals surface area contributed by atoms with Crippen molar-refractivity contribution in [2.24, 2.45) is 5.92 Å². The Kier molecular flexibility index (Phi) is 8.06. The zero-order chi connectivity index (χ0) is 23.1. The van der Waals surface area contributed by atoms with Crippen LogP contribution in [0.4, 0.5) is 8.78 Å². The van der Waals surface area contributed by atoms with E-state index in [0.717, 1.165) is 0 Å². The summed E-state index contributed by atoms with van der Waals surface area (Å²) >= 11 is 6.39. The highest BCUT2D eigenvalue weighted by molar-refractivity contribution is 6.20. The molecule has 0 aliphatic heterocycles. The normalized spacial score (nSPS) is 13.0. The summed E-state index contributed by atoms with van der Waals surface area (Å²) in [6.45, 7) is 0.825. The number of alkyl halides is 3. The van der Waals surface area contributed by atoms with Gasteiger partial charge in [0, 0.05) is 5.56 Å². The molecule has 0 radical (unpaired) electrons. The van der Waals surface area contributed by atoms with Gasteiger partial charge >= 0.3 is 12.6 Å². The summed E-state index contributed by atoms with van der Waals surface area (Å²) in [6, 6.07) is 22.2. The maximum absolute atomic E-state index is 12.9. The number of ether oxygens (including phenoxy) is 3. The first-order chi connectivity index (χ1) is 15.3. The van der Waals surface area contributed by atoms with Crippen LogP contribution in [0.5, 0.6) is 17.2 Å². The predicted molar refractivity (Wildman–Crippen MR) is 118 cm³/mol. The van der Waals surface area contributed by atoms with Gasteiger partial charge in [-0.1, -0.05) is 67.9 Å². The molecule has 3 rings (SSSR count). The van der Waals surface area contributed by atoms with Gasteiger partial charge in [0.25, 0.3) is 0 Å². The molecule has 0 saturated carbocycles. The summed E-state index contributed by atoms with van der Waals surface area (Å²) in [6.07, 6.45) is 0. The lowest BCUT2D eigenvalue weighted by molar-refractivity contribution is -0.148. The van der Waals surface area contributed by atoms with E-state index in [-0.39, 0.29) is 11.7 Å². The van der Waals surface area contributed by atoms with E-state index in [1.807, 2.05) is 44.2 Å². The Morgan fingerprint density at radius 1 is 0.812 bits per heavy atom. The van der Waals surface area contributed by atoms with Crippen molar-refractivity contribution in [3.8, 4) is 17.2 Å². The number of esters is 1. The monoisotopic (exact) mass is 460 g/mol. The van der Waals surface area contributed by atoms with Gasteiger partial charge in [-0.3, -0.25) is 4.79 Å². The Morgan fingerprint density at radius 3 is 2.09 bits per heavy atom. The third kappa shape index (κ3) is 6.44. The van der Waals surface area contributed by atoms with Crippen molar-refractivity contribution in [3.05, 3.63) is 90.0 Å². The molecule has 168 valence electrons. The minimum atomic E-state index is -2.91. The Morgan fingerprint density at radius 2 is 1.47 bits per heavy atom. The molecule has 3 aromatic rings. The molecule has 2 atom stereocenters. The standard InChI is InChI=1S/C25H23ClF2O4/c1-16(2)22(17-11-13-20(14-12-17)31-25(27)28)24(29)32-23(26)18-7-6-10-21(15-18)30-19-8-4-3-5-9-19/h3-16,22-23,25H,1-2H3. The van der Waals surface area contributed by atoms with Gasteiger partial charge < -0.3 is 14.2 Å². The van der Waals surface area contributed by atoms with Gasteiger partial charge in [-0.05, 0) is 47.9 Å². The largest absolute Gasteiger partial charge is 0.457 e. The molecule has 7 heteroatoms. The summed E-state index contributed by atoms with van der Waals surface area (Å²) in [5.41, 5.74) is 0.165. The van der Waals surface area contributed by atoms with Crippen LogP contribution in [0.3, 0.4) is 0 Å². The van der Waals surface area contributed by atoms with E-state index >= 15 is 0 Å². The van der Waals surface area contributed by atoms with Crippen molar-refractivity contribution < 1.29 is 27.8 Å². The van der Waals surface area contributed by atoms with Gasteiger partial charge in [-0.2, -0.15) is 8.78 Å². The molecular formula is C25H23ClF2O4. The van der Waals surface area contributed by atoms with Crippen LogP contribution in [0.25, 0.3) is 0 Å². The minimum absolute atomic E-state index is 0.0186. The third-order valence-electron chi connectivity index (χ3n) is 4.70. The Labute approximate surface area is 190 Å². The van der Waals surface area contributed by atoms with Gasteiger partial charge in [0.2, 0.25) is 5.56 Å². The van der Waals surface area contributed by atoms with Gasteiger partial charge in [0.05, 0.1) is 5.92 Å². The highest BCUT2D eigenvalue weighted by atomic mass is 35.5. The summed E-state index contributed by atoms with van der Waals surface area (Å²) < 4.78 is 40.4. The number of carbonyl (C=O) groups is 1. The van der Waals surface area contributed by atoms with Gasteiger partial charge in [-0.15, -0.1) is 0 Å². The molecule has 0 N–H and O–H groups in total. The van der Waals surface area contributed by atoms with E-state index in [4.69, 9.17) is 21.1 Å². The number of para-hydroxylation sites is 1. The third-order valence-corrected chi connectivity index (χ3v) is 5.04. The van der Waals surface area contributed by atoms with Gasteiger partial charge in [-0.25, -0.2) is 0 Å². The van der Waals surface area contributed by atoms with Crippen LogP contribution >= 0.6 is 11.6 Å². The zero-order valence-corrected chi connectivity index (χ0v) is 18.3. The SMILES string of the molecule is CC(C)C(C(=O)OC(Cl)c1cccc(Oc2ccccc2)c1)c1ccc(OC(F)F)cc1. The average Bonchev–Trinajstić information content (AvgIpc) is 2.75. The van der Waals surface area contributed by atoms with Crippen LogP contribution < -0.4 is 9.47 Å². The smallest absolute Gasteiger partial charge is 0.387 e. The van der Waals surface area contributed by atoms with E-state index in [0.29, 0.717) is 22.6 Å². The fourth-order valence-electron chi connectivity index (χ4n) is 3.24. The lowest BCUT2D eigenvalue weighted by Gasteiger charge is -2.22. The lowest BCUT2D eigenvalue weighted by atomic mass is 9.88. The quantitative estimate of drug-likeness (QED) is 0.248. The molecule has 0 spiro atoms. The second-order valence-electron chi connectivity index (χ2n) is 7.41. The Bertz CT molecular complexity index is 1010. The first kappa shape index (κ1) is 23.5.